The van der Waals surface area contributed by atoms with E-state index in [2.05, 4.69) is 0 Å². The van der Waals surface area contributed by atoms with Crippen LogP contribution in [0.2, 0.25) is 0 Å². The summed E-state index contributed by atoms with van der Waals surface area (Å²) in [4.78, 5) is 0. The molecule has 0 amide bonds. The summed E-state index contributed by atoms with van der Waals surface area (Å²) in [6.45, 7) is 3.91. The maximum Gasteiger partial charge on any atom is 0.0991 e. The lowest BCUT2D eigenvalue weighted by Crippen LogP contribution is -2.15. The summed E-state index contributed by atoms with van der Waals surface area (Å²) in [7, 11) is 0. The van der Waals surface area contributed by atoms with Crippen LogP contribution in [0.5, 0.6) is 0 Å². The van der Waals surface area contributed by atoms with Crippen molar-refractivity contribution >= 4 is 0 Å². The fraction of sp³-hybridized carbons (Fsp3) is 0.250. The lowest BCUT2D eigenvalue weighted by atomic mass is 9.84. The van der Waals surface area contributed by atoms with E-state index in [0.717, 1.165) is 16.2 Å². The van der Waals surface area contributed by atoms with Crippen LogP contribution in [0.15, 0.2) is 60.7 Å². The molecule has 18 heavy (non-hydrogen) atoms. The third-order valence-corrected chi connectivity index (χ3v) is 4.35. The molecule has 1 saturated heterocycles. The van der Waals surface area contributed by atoms with Crippen molar-refractivity contribution in [2.24, 2.45) is 0 Å². The standard InChI is InChI=1S/C16H16FN/c1-15(13-9-5-3-6-10-13)16(2,18(15)17)14-11-7-4-8-12-14/h3-12H,1-2H3. The van der Waals surface area contributed by atoms with E-state index in [4.69, 9.17) is 0 Å². The fourth-order valence-electron chi connectivity index (χ4n) is 2.88. The van der Waals surface area contributed by atoms with Crippen LogP contribution in [-0.4, -0.2) is 5.12 Å². The summed E-state index contributed by atoms with van der Waals surface area (Å²) < 4.78 is 14.4. The Hall–Kier alpha value is -1.67. The molecule has 0 radical (unpaired) electrons. The number of halogens is 1. The summed E-state index contributed by atoms with van der Waals surface area (Å²) in [5.41, 5.74) is 0.878. The van der Waals surface area contributed by atoms with Gasteiger partial charge in [-0.1, -0.05) is 60.7 Å². The van der Waals surface area contributed by atoms with Crippen LogP contribution in [0.25, 0.3) is 0 Å². The minimum Gasteiger partial charge on any atom is -0.133 e. The summed E-state index contributed by atoms with van der Waals surface area (Å²) in [5.74, 6) is 0. The van der Waals surface area contributed by atoms with E-state index < -0.39 is 11.1 Å². The van der Waals surface area contributed by atoms with Gasteiger partial charge in [0.1, 0.15) is 0 Å². The van der Waals surface area contributed by atoms with Gasteiger partial charge in [-0.2, -0.15) is 0 Å². The Morgan fingerprint density at radius 3 is 1.39 bits per heavy atom. The molecule has 2 aromatic rings. The Kier molecular flexibility index (Phi) is 2.32. The zero-order valence-corrected chi connectivity index (χ0v) is 10.6. The third-order valence-electron chi connectivity index (χ3n) is 4.35. The van der Waals surface area contributed by atoms with Gasteiger partial charge in [0.05, 0.1) is 11.1 Å². The zero-order chi connectivity index (χ0) is 12.8. The second-order valence-corrected chi connectivity index (χ2v) is 5.16. The maximum atomic E-state index is 14.4. The van der Waals surface area contributed by atoms with Crippen LogP contribution in [0.3, 0.4) is 0 Å². The van der Waals surface area contributed by atoms with E-state index in [1.165, 1.54) is 0 Å². The highest BCUT2D eigenvalue weighted by Crippen LogP contribution is 2.64. The summed E-state index contributed by atoms with van der Waals surface area (Å²) in [6.07, 6.45) is 0. The molecule has 0 aromatic heterocycles. The monoisotopic (exact) mass is 241 g/mol. The van der Waals surface area contributed by atoms with Gasteiger partial charge in [0.2, 0.25) is 0 Å². The first-order valence-corrected chi connectivity index (χ1v) is 6.19. The van der Waals surface area contributed by atoms with Crippen LogP contribution < -0.4 is 0 Å². The van der Waals surface area contributed by atoms with Crippen molar-refractivity contribution in [2.75, 3.05) is 0 Å². The number of rotatable bonds is 2. The first kappa shape index (κ1) is 11.4. The summed E-state index contributed by atoms with van der Waals surface area (Å²) in [5, 5.41) is 0.949. The molecule has 0 saturated carbocycles. The van der Waals surface area contributed by atoms with Crippen LogP contribution in [-0.2, 0) is 11.1 Å². The summed E-state index contributed by atoms with van der Waals surface area (Å²) >= 11 is 0. The second kappa shape index (κ2) is 3.66. The number of benzene rings is 2. The maximum absolute atomic E-state index is 14.4. The molecule has 1 nitrogen and oxygen atoms in total. The fourth-order valence-corrected chi connectivity index (χ4v) is 2.88. The Labute approximate surface area is 107 Å². The molecule has 3 rings (SSSR count). The van der Waals surface area contributed by atoms with Gasteiger partial charge in [0.15, 0.2) is 0 Å². The summed E-state index contributed by atoms with van der Waals surface area (Å²) in [6, 6.07) is 19.7. The number of hydrogen-bond donors (Lipinski definition) is 0. The SMILES string of the molecule is CC1(c2ccccc2)N(F)C1(C)c1ccccc1. The van der Waals surface area contributed by atoms with Crippen molar-refractivity contribution in [1.82, 2.24) is 5.12 Å². The van der Waals surface area contributed by atoms with Gasteiger partial charge >= 0.3 is 0 Å². The third kappa shape index (κ3) is 1.24. The molecule has 2 aromatic carbocycles. The van der Waals surface area contributed by atoms with Crippen LogP contribution in [0.4, 0.5) is 4.48 Å². The Bertz CT molecular complexity index is 502. The van der Waals surface area contributed by atoms with Gasteiger partial charge in [0, 0.05) is 0 Å². The van der Waals surface area contributed by atoms with E-state index in [1.54, 1.807) is 0 Å². The normalized spacial score (nSPS) is 34.3. The molecule has 2 atom stereocenters. The van der Waals surface area contributed by atoms with Crippen LogP contribution >= 0.6 is 0 Å². The van der Waals surface area contributed by atoms with Crippen molar-refractivity contribution in [1.29, 1.82) is 0 Å². The number of hydrogen-bond acceptors (Lipinski definition) is 1. The molecule has 1 aliphatic rings. The molecular weight excluding hydrogens is 225 g/mol. The van der Waals surface area contributed by atoms with Crippen molar-refractivity contribution in [3.05, 3.63) is 71.8 Å². The molecule has 1 heterocycles. The molecule has 0 spiro atoms. The van der Waals surface area contributed by atoms with E-state index in [9.17, 15) is 4.48 Å². The molecule has 1 aliphatic heterocycles. The van der Waals surface area contributed by atoms with Gasteiger partial charge in [-0.05, 0) is 25.0 Å². The minimum atomic E-state index is -0.574. The van der Waals surface area contributed by atoms with Gasteiger partial charge in [-0.15, -0.1) is 9.60 Å². The molecular formula is C16H16FN. The first-order chi connectivity index (χ1) is 8.62. The topological polar surface area (TPSA) is 3.01 Å². The molecule has 0 N–H and O–H groups in total. The highest BCUT2D eigenvalue weighted by atomic mass is 19.2. The predicted octanol–water partition coefficient (Wildman–Crippen LogP) is 4.02. The molecule has 0 aliphatic carbocycles. The highest BCUT2D eigenvalue weighted by molar-refractivity contribution is 5.44. The zero-order valence-electron chi connectivity index (χ0n) is 10.6. The molecule has 2 unspecified atom stereocenters. The average molecular weight is 241 g/mol. The minimum absolute atomic E-state index is 0.574. The Morgan fingerprint density at radius 2 is 1.06 bits per heavy atom. The lowest BCUT2D eigenvalue weighted by molar-refractivity contribution is 0.106. The van der Waals surface area contributed by atoms with Gasteiger partial charge in [0.25, 0.3) is 0 Å². The average Bonchev–Trinajstić information content (AvgIpc) is 2.90. The smallest absolute Gasteiger partial charge is 0.0991 e. The highest BCUT2D eigenvalue weighted by Gasteiger charge is 2.72. The predicted molar refractivity (Wildman–Crippen MR) is 70.5 cm³/mol. The second-order valence-electron chi connectivity index (χ2n) is 5.16. The van der Waals surface area contributed by atoms with Crippen molar-refractivity contribution < 1.29 is 4.48 Å². The van der Waals surface area contributed by atoms with Crippen molar-refractivity contribution in [3.63, 3.8) is 0 Å². The lowest BCUT2D eigenvalue weighted by Gasteiger charge is -2.14. The van der Waals surface area contributed by atoms with Crippen molar-refractivity contribution in [2.45, 2.75) is 24.9 Å². The quantitative estimate of drug-likeness (QED) is 0.567. The number of nitrogens with zero attached hydrogens (tertiary/aromatic N) is 1. The van der Waals surface area contributed by atoms with E-state index in [-0.39, 0.29) is 0 Å². The van der Waals surface area contributed by atoms with Gasteiger partial charge in [-0.25, -0.2) is 0 Å². The van der Waals surface area contributed by atoms with Crippen LogP contribution in [0, 0.1) is 0 Å². The van der Waals surface area contributed by atoms with Gasteiger partial charge < -0.3 is 0 Å². The largest absolute Gasteiger partial charge is 0.133 e. The van der Waals surface area contributed by atoms with Crippen molar-refractivity contribution in [3.8, 4) is 0 Å². The molecule has 92 valence electrons. The molecule has 2 heteroatoms. The van der Waals surface area contributed by atoms with E-state index in [1.807, 2.05) is 74.5 Å². The Morgan fingerprint density at radius 1 is 0.722 bits per heavy atom. The molecule has 1 fully saturated rings. The van der Waals surface area contributed by atoms with E-state index >= 15 is 0 Å². The van der Waals surface area contributed by atoms with E-state index in [0.29, 0.717) is 0 Å². The first-order valence-electron chi connectivity index (χ1n) is 6.19. The molecule has 0 bridgehead atoms. The Balaban J connectivity index is 2.07. The van der Waals surface area contributed by atoms with Gasteiger partial charge in [-0.3, -0.25) is 0 Å². The van der Waals surface area contributed by atoms with Crippen LogP contribution in [0.1, 0.15) is 25.0 Å².